The highest BCUT2D eigenvalue weighted by atomic mass is 79.9. The lowest BCUT2D eigenvalue weighted by Gasteiger charge is -2.16. The number of nitriles is 2. The second-order valence-electron chi connectivity index (χ2n) is 3.16. The summed E-state index contributed by atoms with van der Waals surface area (Å²) in [5.41, 5.74) is 0. The van der Waals surface area contributed by atoms with E-state index in [4.69, 9.17) is 10.5 Å². The summed E-state index contributed by atoms with van der Waals surface area (Å²) in [6.45, 7) is -0.889. The zero-order valence-electron chi connectivity index (χ0n) is 8.97. The third-order valence-corrected chi connectivity index (χ3v) is 4.77. The van der Waals surface area contributed by atoms with Gasteiger partial charge in [-0.1, -0.05) is 0 Å². The van der Waals surface area contributed by atoms with Crippen LogP contribution in [-0.2, 0) is 10.0 Å². The first-order valence-electron chi connectivity index (χ1n) is 4.62. The van der Waals surface area contributed by atoms with Crippen LogP contribution in [0.4, 0.5) is 4.39 Å². The van der Waals surface area contributed by atoms with E-state index in [1.54, 1.807) is 12.1 Å². The van der Waals surface area contributed by atoms with Crippen molar-refractivity contribution in [3.63, 3.8) is 0 Å². The van der Waals surface area contributed by atoms with E-state index in [0.29, 0.717) is 4.31 Å². The molecule has 0 aliphatic carbocycles. The summed E-state index contributed by atoms with van der Waals surface area (Å²) in [5, 5.41) is 17.1. The molecule has 0 aliphatic rings. The van der Waals surface area contributed by atoms with Crippen molar-refractivity contribution >= 4 is 26.0 Å². The Morgan fingerprint density at radius 1 is 1.28 bits per heavy atom. The largest absolute Gasteiger partial charge is 0.246 e. The van der Waals surface area contributed by atoms with Gasteiger partial charge in [0.05, 0.1) is 17.0 Å². The molecule has 0 fully saturated rings. The fourth-order valence-electron chi connectivity index (χ4n) is 1.21. The van der Waals surface area contributed by atoms with Crippen LogP contribution in [0.5, 0.6) is 0 Å². The average molecular weight is 332 g/mol. The molecule has 1 aromatic rings. The lowest BCUT2D eigenvalue weighted by molar-refractivity contribution is 0.479. The number of benzene rings is 1. The van der Waals surface area contributed by atoms with Crippen molar-refractivity contribution in [3.8, 4) is 12.1 Å². The van der Waals surface area contributed by atoms with Crippen molar-refractivity contribution in [3.05, 3.63) is 28.5 Å². The van der Waals surface area contributed by atoms with Crippen molar-refractivity contribution in [2.45, 2.75) is 4.90 Å². The average Bonchev–Trinajstić information content (AvgIpc) is 2.28. The van der Waals surface area contributed by atoms with Gasteiger partial charge in [-0.15, -0.1) is 0 Å². The smallest absolute Gasteiger partial charge is 0.207 e. The maximum Gasteiger partial charge on any atom is 0.246 e. The lowest BCUT2D eigenvalue weighted by Crippen LogP contribution is -2.32. The minimum Gasteiger partial charge on any atom is -0.207 e. The molecule has 8 heteroatoms. The normalized spacial score (nSPS) is 10.9. The molecule has 0 aliphatic heterocycles. The summed E-state index contributed by atoms with van der Waals surface area (Å²) in [6, 6.07) is 6.41. The Hall–Kier alpha value is -1.48. The molecule has 5 nitrogen and oxygen atoms in total. The van der Waals surface area contributed by atoms with Gasteiger partial charge in [-0.05, 0) is 34.1 Å². The zero-order valence-corrected chi connectivity index (χ0v) is 11.4. The van der Waals surface area contributed by atoms with Crippen LogP contribution in [0.25, 0.3) is 0 Å². The van der Waals surface area contributed by atoms with Crippen LogP contribution < -0.4 is 0 Å². The number of sulfonamides is 1. The molecule has 0 bridgehead atoms. The molecule has 0 spiro atoms. The molecule has 0 unspecified atom stereocenters. The fourth-order valence-corrected chi connectivity index (χ4v) is 3.45. The highest BCUT2D eigenvalue weighted by Crippen LogP contribution is 2.25. The minimum absolute atomic E-state index is 0.0448. The van der Waals surface area contributed by atoms with Gasteiger partial charge >= 0.3 is 0 Å². The van der Waals surface area contributed by atoms with E-state index in [9.17, 15) is 12.8 Å². The summed E-state index contributed by atoms with van der Waals surface area (Å²) in [7, 11) is -4.00. The Kier molecular flexibility index (Phi) is 4.79. The summed E-state index contributed by atoms with van der Waals surface area (Å²) in [5.74, 6) is -0.590. The molecule has 1 aromatic carbocycles. The van der Waals surface area contributed by atoms with Gasteiger partial charge in [0.1, 0.15) is 18.9 Å². The van der Waals surface area contributed by atoms with Crippen molar-refractivity contribution in [1.29, 1.82) is 10.5 Å². The third kappa shape index (κ3) is 3.05. The predicted octanol–water partition coefficient (Wildman–Crippen LogP) is 1.63. The van der Waals surface area contributed by atoms with E-state index < -0.39 is 28.9 Å². The highest BCUT2D eigenvalue weighted by molar-refractivity contribution is 9.10. The topological polar surface area (TPSA) is 85.0 Å². The lowest BCUT2D eigenvalue weighted by atomic mass is 10.3. The number of halogens is 2. The predicted molar refractivity (Wildman–Crippen MR) is 64.1 cm³/mol. The highest BCUT2D eigenvalue weighted by Gasteiger charge is 2.26. The first kappa shape index (κ1) is 14.6. The van der Waals surface area contributed by atoms with Gasteiger partial charge in [-0.3, -0.25) is 0 Å². The van der Waals surface area contributed by atoms with Crippen molar-refractivity contribution in [2.24, 2.45) is 0 Å². The molecule has 0 heterocycles. The molecule has 18 heavy (non-hydrogen) atoms. The van der Waals surface area contributed by atoms with Gasteiger partial charge < -0.3 is 0 Å². The number of hydrogen-bond donors (Lipinski definition) is 0. The SMILES string of the molecule is N#CCN(CC#N)S(=O)(=O)c1ccc(F)cc1Br. The maximum absolute atomic E-state index is 12.9. The Balaban J connectivity index is 3.28. The molecule has 0 N–H and O–H groups in total. The molecular weight excluding hydrogens is 325 g/mol. The monoisotopic (exact) mass is 331 g/mol. The first-order chi connectivity index (χ1) is 8.43. The molecular formula is C10H7BrFN3O2S. The van der Waals surface area contributed by atoms with E-state index >= 15 is 0 Å². The van der Waals surface area contributed by atoms with Crippen LogP contribution in [0.15, 0.2) is 27.6 Å². The van der Waals surface area contributed by atoms with Crippen molar-refractivity contribution in [2.75, 3.05) is 13.1 Å². The first-order valence-corrected chi connectivity index (χ1v) is 6.86. The quantitative estimate of drug-likeness (QED) is 0.784. The summed E-state index contributed by atoms with van der Waals surface area (Å²) in [4.78, 5) is -0.186. The van der Waals surface area contributed by atoms with Crippen LogP contribution in [0, 0.1) is 28.5 Å². The van der Waals surface area contributed by atoms with Crippen LogP contribution in [0.2, 0.25) is 0 Å². The van der Waals surface area contributed by atoms with Gasteiger partial charge in [0.2, 0.25) is 10.0 Å². The van der Waals surface area contributed by atoms with E-state index in [-0.39, 0.29) is 9.37 Å². The molecule has 0 saturated carbocycles. The third-order valence-electron chi connectivity index (χ3n) is 2.01. The standard InChI is InChI=1S/C10H7BrFN3O2S/c11-9-7-8(12)1-2-10(9)18(16,17)15(5-3-13)6-4-14/h1-2,7H,5-6H2. The Morgan fingerprint density at radius 3 is 2.28 bits per heavy atom. The molecule has 0 saturated heterocycles. The van der Waals surface area contributed by atoms with Gasteiger partial charge in [-0.25, -0.2) is 12.8 Å². The van der Waals surface area contributed by atoms with E-state index in [2.05, 4.69) is 15.9 Å². The van der Waals surface area contributed by atoms with Crippen LogP contribution in [-0.4, -0.2) is 25.8 Å². The van der Waals surface area contributed by atoms with E-state index in [1.807, 2.05) is 0 Å². The van der Waals surface area contributed by atoms with Crippen LogP contribution >= 0.6 is 15.9 Å². The van der Waals surface area contributed by atoms with Gasteiger partial charge in [0, 0.05) is 4.47 Å². The maximum atomic E-state index is 12.9. The molecule has 1 rings (SSSR count). The Morgan fingerprint density at radius 2 is 1.83 bits per heavy atom. The van der Waals surface area contributed by atoms with Crippen molar-refractivity contribution in [1.82, 2.24) is 4.31 Å². The number of nitrogens with zero attached hydrogens (tertiary/aromatic N) is 3. The molecule has 94 valence electrons. The van der Waals surface area contributed by atoms with Crippen molar-refractivity contribution < 1.29 is 12.8 Å². The fraction of sp³-hybridized carbons (Fsp3) is 0.200. The molecule has 0 atom stereocenters. The second-order valence-corrected chi connectivity index (χ2v) is 5.92. The van der Waals surface area contributed by atoms with E-state index in [1.165, 1.54) is 0 Å². The summed E-state index contributed by atoms with van der Waals surface area (Å²) >= 11 is 2.94. The summed E-state index contributed by atoms with van der Waals surface area (Å²) in [6.07, 6.45) is 0. The van der Waals surface area contributed by atoms with Gasteiger partial charge in [-0.2, -0.15) is 14.8 Å². The number of hydrogen-bond acceptors (Lipinski definition) is 4. The second kappa shape index (κ2) is 5.91. The van der Waals surface area contributed by atoms with Crippen LogP contribution in [0.1, 0.15) is 0 Å². The minimum atomic E-state index is -4.00. The molecule has 0 radical (unpaired) electrons. The van der Waals surface area contributed by atoms with Gasteiger partial charge in [0.15, 0.2) is 0 Å². The number of rotatable bonds is 4. The van der Waals surface area contributed by atoms with E-state index in [0.717, 1.165) is 18.2 Å². The Labute approximate surface area is 112 Å². The van der Waals surface area contributed by atoms with Gasteiger partial charge in [0.25, 0.3) is 0 Å². The Bertz CT molecular complexity index is 618. The summed E-state index contributed by atoms with van der Waals surface area (Å²) < 4.78 is 37.9. The zero-order chi connectivity index (χ0) is 13.8. The van der Waals surface area contributed by atoms with Crippen LogP contribution in [0.3, 0.4) is 0 Å². The molecule has 0 amide bonds. The molecule has 0 aromatic heterocycles.